The second-order valence-electron chi connectivity index (χ2n) is 5.32. The summed E-state index contributed by atoms with van der Waals surface area (Å²) in [4.78, 5) is 6.61. The van der Waals surface area contributed by atoms with Crippen LogP contribution in [-0.2, 0) is 6.54 Å². The van der Waals surface area contributed by atoms with Crippen molar-refractivity contribution >= 4 is 0 Å². The predicted octanol–water partition coefficient (Wildman–Crippen LogP) is 2.24. The molecule has 21 heavy (non-hydrogen) atoms. The van der Waals surface area contributed by atoms with Gasteiger partial charge in [0, 0.05) is 44.6 Å². The summed E-state index contributed by atoms with van der Waals surface area (Å²) in [6.45, 7) is 4.04. The third-order valence-electron chi connectivity index (χ3n) is 3.99. The van der Waals surface area contributed by atoms with Crippen molar-refractivity contribution in [2.75, 3.05) is 26.7 Å². The van der Waals surface area contributed by atoms with Gasteiger partial charge in [0.1, 0.15) is 5.75 Å². The van der Waals surface area contributed by atoms with E-state index in [1.165, 1.54) is 11.1 Å². The Morgan fingerprint density at radius 3 is 2.67 bits per heavy atom. The number of nitrogens with zero attached hydrogens (tertiary/aromatic N) is 2. The topological polar surface area (TPSA) is 37.4 Å². The minimum absolute atomic E-state index is 0.401. The number of methoxy groups -OCH3 is 1. The van der Waals surface area contributed by atoms with Crippen molar-refractivity contribution in [2.45, 2.75) is 12.6 Å². The molecule has 1 N–H and O–H groups in total. The van der Waals surface area contributed by atoms with Crippen molar-refractivity contribution in [2.24, 2.45) is 0 Å². The number of rotatable bonds is 4. The number of nitrogens with one attached hydrogen (secondary N) is 1. The molecule has 110 valence electrons. The summed E-state index contributed by atoms with van der Waals surface area (Å²) in [5.41, 5.74) is 2.64. The lowest BCUT2D eigenvalue weighted by atomic mass is 10.0. The third kappa shape index (κ3) is 3.40. The van der Waals surface area contributed by atoms with Crippen molar-refractivity contribution < 1.29 is 4.74 Å². The van der Waals surface area contributed by atoms with Gasteiger partial charge in [-0.25, -0.2) is 0 Å². The number of piperazine rings is 1. The van der Waals surface area contributed by atoms with Crippen molar-refractivity contribution in [3.05, 3.63) is 59.9 Å². The Kier molecular flexibility index (Phi) is 4.48. The maximum absolute atomic E-state index is 5.24. The SMILES string of the molecule is COc1ccc([C@@H]2CNCCN2Cc2ccncc2)cc1. The van der Waals surface area contributed by atoms with Crippen LogP contribution < -0.4 is 10.1 Å². The molecular formula is C17H21N3O. The Balaban J connectivity index is 1.77. The van der Waals surface area contributed by atoms with Crippen molar-refractivity contribution in [1.29, 1.82) is 0 Å². The van der Waals surface area contributed by atoms with Gasteiger partial charge in [-0.1, -0.05) is 12.1 Å². The summed E-state index contributed by atoms with van der Waals surface area (Å²) in [6.07, 6.45) is 3.72. The van der Waals surface area contributed by atoms with E-state index in [2.05, 4.69) is 39.5 Å². The van der Waals surface area contributed by atoms with Crippen LogP contribution in [0.2, 0.25) is 0 Å². The van der Waals surface area contributed by atoms with E-state index in [9.17, 15) is 0 Å². The number of ether oxygens (including phenoxy) is 1. The van der Waals surface area contributed by atoms with Crippen LogP contribution in [-0.4, -0.2) is 36.6 Å². The zero-order chi connectivity index (χ0) is 14.5. The van der Waals surface area contributed by atoms with E-state index in [0.29, 0.717) is 6.04 Å². The molecule has 1 aromatic heterocycles. The fourth-order valence-corrected chi connectivity index (χ4v) is 2.81. The molecule has 1 aromatic carbocycles. The van der Waals surface area contributed by atoms with E-state index < -0.39 is 0 Å². The highest BCUT2D eigenvalue weighted by Crippen LogP contribution is 2.25. The van der Waals surface area contributed by atoms with E-state index >= 15 is 0 Å². The number of aromatic nitrogens is 1. The summed E-state index contributed by atoms with van der Waals surface area (Å²) in [7, 11) is 1.70. The first kappa shape index (κ1) is 14.0. The zero-order valence-electron chi connectivity index (χ0n) is 12.3. The lowest BCUT2D eigenvalue weighted by Crippen LogP contribution is -2.45. The van der Waals surface area contributed by atoms with Gasteiger partial charge in [0.25, 0.3) is 0 Å². The molecule has 0 spiro atoms. The van der Waals surface area contributed by atoms with Crippen LogP contribution in [0.5, 0.6) is 5.75 Å². The first-order valence-electron chi connectivity index (χ1n) is 7.34. The molecule has 0 bridgehead atoms. The minimum atomic E-state index is 0.401. The second-order valence-corrected chi connectivity index (χ2v) is 5.32. The molecule has 1 saturated heterocycles. The number of benzene rings is 1. The van der Waals surface area contributed by atoms with Crippen LogP contribution in [0.1, 0.15) is 17.2 Å². The Morgan fingerprint density at radius 1 is 1.19 bits per heavy atom. The molecule has 1 atom stereocenters. The fraction of sp³-hybridized carbons (Fsp3) is 0.353. The summed E-state index contributed by atoms with van der Waals surface area (Å²) in [5, 5.41) is 3.49. The monoisotopic (exact) mass is 283 g/mol. The Bertz CT molecular complexity index is 556. The van der Waals surface area contributed by atoms with Gasteiger partial charge < -0.3 is 10.1 Å². The van der Waals surface area contributed by atoms with E-state index in [0.717, 1.165) is 31.9 Å². The molecule has 2 heterocycles. The first-order valence-corrected chi connectivity index (χ1v) is 7.34. The lowest BCUT2D eigenvalue weighted by molar-refractivity contribution is 0.153. The Labute approximate surface area is 125 Å². The van der Waals surface area contributed by atoms with Gasteiger partial charge in [-0.15, -0.1) is 0 Å². The summed E-state index contributed by atoms with van der Waals surface area (Å²) in [6, 6.07) is 13.0. The highest BCUT2D eigenvalue weighted by molar-refractivity contribution is 5.29. The summed E-state index contributed by atoms with van der Waals surface area (Å²) >= 11 is 0. The van der Waals surface area contributed by atoms with Gasteiger partial charge in [-0.2, -0.15) is 0 Å². The largest absolute Gasteiger partial charge is 0.497 e. The number of pyridine rings is 1. The number of hydrogen-bond acceptors (Lipinski definition) is 4. The van der Waals surface area contributed by atoms with Gasteiger partial charge in [0.15, 0.2) is 0 Å². The molecule has 4 heteroatoms. The van der Waals surface area contributed by atoms with E-state index in [-0.39, 0.29) is 0 Å². The van der Waals surface area contributed by atoms with Crippen LogP contribution in [0.15, 0.2) is 48.8 Å². The molecule has 2 aromatic rings. The maximum Gasteiger partial charge on any atom is 0.118 e. The molecule has 1 aliphatic rings. The van der Waals surface area contributed by atoms with Gasteiger partial charge in [-0.05, 0) is 35.4 Å². The minimum Gasteiger partial charge on any atom is -0.497 e. The quantitative estimate of drug-likeness (QED) is 0.934. The highest BCUT2D eigenvalue weighted by atomic mass is 16.5. The number of hydrogen-bond donors (Lipinski definition) is 1. The molecule has 4 nitrogen and oxygen atoms in total. The molecular weight excluding hydrogens is 262 g/mol. The van der Waals surface area contributed by atoms with Crippen LogP contribution >= 0.6 is 0 Å². The maximum atomic E-state index is 5.24. The fourth-order valence-electron chi connectivity index (χ4n) is 2.81. The second kappa shape index (κ2) is 6.70. The molecule has 1 fully saturated rings. The normalized spacial score (nSPS) is 19.4. The smallest absolute Gasteiger partial charge is 0.118 e. The third-order valence-corrected chi connectivity index (χ3v) is 3.99. The van der Waals surface area contributed by atoms with E-state index in [1.54, 1.807) is 7.11 Å². The first-order chi connectivity index (χ1) is 10.4. The Hall–Kier alpha value is -1.91. The summed E-state index contributed by atoms with van der Waals surface area (Å²) < 4.78 is 5.24. The molecule has 1 aliphatic heterocycles. The molecule has 0 saturated carbocycles. The van der Waals surface area contributed by atoms with Gasteiger partial charge in [0.05, 0.1) is 7.11 Å². The van der Waals surface area contributed by atoms with Crippen LogP contribution in [0.25, 0.3) is 0 Å². The molecule has 0 unspecified atom stereocenters. The standard InChI is InChI=1S/C17H21N3O/c1-21-16-4-2-15(3-5-16)17-12-19-10-11-20(17)13-14-6-8-18-9-7-14/h2-9,17,19H,10-13H2,1H3/t17-/m0/s1. The Morgan fingerprint density at radius 2 is 1.95 bits per heavy atom. The molecule has 0 radical (unpaired) electrons. The molecule has 3 rings (SSSR count). The molecule has 0 amide bonds. The average molecular weight is 283 g/mol. The van der Waals surface area contributed by atoms with Crippen LogP contribution in [0.3, 0.4) is 0 Å². The summed E-state index contributed by atoms with van der Waals surface area (Å²) in [5.74, 6) is 0.906. The van der Waals surface area contributed by atoms with Crippen molar-refractivity contribution in [3.63, 3.8) is 0 Å². The van der Waals surface area contributed by atoms with Crippen molar-refractivity contribution in [1.82, 2.24) is 15.2 Å². The van der Waals surface area contributed by atoms with Crippen LogP contribution in [0.4, 0.5) is 0 Å². The van der Waals surface area contributed by atoms with Gasteiger partial charge in [-0.3, -0.25) is 9.88 Å². The molecule has 0 aliphatic carbocycles. The zero-order valence-corrected chi connectivity index (χ0v) is 12.3. The lowest BCUT2D eigenvalue weighted by Gasteiger charge is -2.36. The highest BCUT2D eigenvalue weighted by Gasteiger charge is 2.23. The predicted molar refractivity (Wildman–Crippen MR) is 83.3 cm³/mol. The van der Waals surface area contributed by atoms with E-state index in [1.807, 2.05) is 24.5 Å². The van der Waals surface area contributed by atoms with Gasteiger partial charge >= 0.3 is 0 Å². The van der Waals surface area contributed by atoms with Crippen LogP contribution in [0, 0.1) is 0 Å². The van der Waals surface area contributed by atoms with Gasteiger partial charge in [0.2, 0.25) is 0 Å². The average Bonchev–Trinajstić information content (AvgIpc) is 2.56. The van der Waals surface area contributed by atoms with Crippen molar-refractivity contribution in [3.8, 4) is 5.75 Å². The van der Waals surface area contributed by atoms with E-state index in [4.69, 9.17) is 4.74 Å².